The number of hydrogen-bond acceptors (Lipinski definition) is 6. The van der Waals surface area contributed by atoms with E-state index in [2.05, 4.69) is 21.7 Å². The van der Waals surface area contributed by atoms with Gasteiger partial charge in [-0.3, -0.25) is 10.1 Å². The van der Waals surface area contributed by atoms with E-state index >= 15 is 0 Å². The minimum atomic E-state index is -4.59. The second kappa shape index (κ2) is 15.0. The van der Waals surface area contributed by atoms with Crippen molar-refractivity contribution in [2.75, 3.05) is 13.2 Å². The van der Waals surface area contributed by atoms with Crippen LogP contribution in [0.5, 0.6) is 0 Å². The molecule has 0 spiro atoms. The van der Waals surface area contributed by atoms with Gasteiger partial charge in [-0.25, -0.2) is 9.78 Å². The van der Waals surface area contributed by atoms with Gasteiger partial charge in [0, 0.05) is 37.6 Å². The van der Waals surface area contributed by atoms with E-state index in [9.17, 15) is 22.8 Å². The van der Waals surface area contributed by atoms with Crippen LogP contribution < -0.4 is 10.6 Å². The molecule has 0 saturated heterocycles. The first kappa shape index (κ1) is 32.1. The van der Waals surface area contributed by atoms with E-state index in [0.29, 0.717) is 24.2 Å². The van der Waals surface area contributed by atoms with Crippen molar-refractivity contribution in [3.05, 3.63) is 89.0 Å². The van der Waals surface area contributed by atoms with Gasteiger partial charge in [-0.2, -0.15) is 18.4 Å². The highest BCUT2D eigenvalue weighted by Gasteiger charge is 2.33. The van der Waals surface area contributed by atoms with Crippen LogP contribution in [0.15, 0.2) is 61.1 Å². The van der Waals surface area contributed by atoms with Crippen LogP contribution in [-0.2, 0) is 35.2 Å². The molecule has 9 nitrogen and oxygen atoms in total. The average Bonchev–Trinajstić information content (AvgIpc) is 3.38. The fourth-order valence-electron chi connectivity index (χ4n) is 4.20. The molecule has 0 saturated carbocycles. The molecule has 2 amide bonds. The molecular formula is C29H31F3N6O3S. The van der Waals surface area contributed by atoms with E-state index in [1.807, 2.05) is 23.6 Å². The number of hydrogen-bond donors (Lipinski definition) is 2. The van der Waals surface area contributed by atoms with Crippen molar-refractivity contribution in [1.29, 1.82) is 5.26 Å². The van der Waals surface area contributed by atoms with Gasteiger partial charge in [0.05, 0.1) is 36.6 Å². The summed E-state index contributed by atoms with van der Waals surface area (Å²) in [5.74, 6) is -0.316. The highest BCUT2D eigenvalue weighted by molar-refractivity contribution is 7.80. The fraction of sp³-hybridized carbons (Fsp3) is 0.345. The van der Waals surface area contributed by atoms with E-state index in [1.165, 1.54) is 23.1 Å². The molecule has 0 aliphatic carbocycles. The Labute approximate surface area is 247 Å². The molecule has 0 radical (unpaired) electrons. The first-order valence-electron chi connectivity index (χ1n) is 13.2. The van der Waals surface area contributed by atoms with Crippen LogP contribution in [0.1, 0.15) is 48.2 Å². The van der Waals surface area contributed by atoms with E-state index in [1.54, 1.807) is 31.6 Å². The Bertz CT molecular complexity index is 1420. The summed E-state index contributed by atoms with van der Waals surface area (Å²) in [6.07, 6.45) is -1.77. The van der Waals surface area contributed by atoms with Crippen molar-refractivity contribution in [1.82, 2.24) is 25.1 Å². The molecule has 1 atom stereocenters. The number of halogens is 3. The standard InChI is InChI=1S/C29H31F3N6O3S/c1-3-23(35-26(39)13-24-15-34-19-38(24)16-21-11-9-20(14-33)10-12-21)18-37(27(42)36-28(40)41-4-2)17-22-7-5-6-8-25(22)29(30,31)32/h5-12,15,19,23H,3-4,13,16-18H2,1-2H3,(H,35,39)(H,36,40,42)/t23-/m0/s1. The minimum Gasteiger partial charge on any atom is -0.450 e. The summed E-state index contributed by atoms with van der Waals surface area (Å²) in [6.45, 7) is 3.74. The number of nitrogens with zero attached hydrogens (tertiary/aromatic N) is 4. The summed E-state index contributed by atoms with van der Waals surface area (Å²) in [4.78, 5) is 30.6. The smallest absolute Gasteiger partial charge is 0.416 e. The maximum Gasteiger partial charge on any atom is 0.416 e. The van der Waals surface area contributed by atoms with Crippen molar-refractivity contribution >= 4 is 29.3 Å². The monoisotopic (exact) mass is 600 g/mol. The van der Waals surface area contributed by atoms with Crippen LogP contribution in [-0.4, -0.2) is 50.8 Å². The number of benzene rings is 2. The van der Waals surface area contributed by atoms with Gasteiger partial charge in [-0.1, -0.05) is 37.3 Å². The zero-order valence-electron chi connectivity index (χ0n) is 23.1. The first-order valence-corrected chi connectivity index (χ1v) is 13.6. The van der Waals surface area contributed by atoms with Gasteiger partial charge in [-0.05, 0) is 54.9 Å². The number of nitrogens with one attached hydrogen (secondary N) is 2. The van der Waals surface area contributed by atoms with Crippen LogP contribution in [0.2, 0.25) is 0 Å². The molecule has 0 bridgehead atoms. The van der Waals surface area contributed by atoms with Crippen molar-refractivity contribution in [3.63, 3.8) is 0 Å². The zero-order chi connectivity index (χ0) is 30.7. The van der Waals surface area contributed by atoms with Crippen LogP contribution in [0.3, 0.4) is 0 Å². The number of ether oxygens (including phenoxy) is 1. The summed E-state index contributed by atoms with van der Waals surface area (Å²) >= 11 is 5.36. The Balaban J connectivity index is 1.73. The van der Waals surface area contributed by atoms with Crippen molar-refractivity contribution in [3.8, 4) is 6.07 Å². The van der Waals surface area contributed by atoms with Gasteiger partial charge in [0.25, 0.3) is 0 Å². The molecule has 1 aromatic heterocycles. The normalized spacial score (nSPS) is 11.7. The molecule has 1 heterocycles. The van der Waals surface area contributed by atoms with E-state index < -0.39 is 23.9 Å². The Hall–Kier alpha value is -4.44. The third-order valence-electron chi connectivity index (χ3n) is 6.33. The molecule has 3 rings (SSSR count). The quantitative estimate of drug-likeness (QED) is 0.305. The number of nitriles is 1. The minimum absolute atomic E-state index is 0.00914. The lowest BCUT2D eigenvalue weighted by atomic mass is 10.1. The van der Waals surface area contributed by atoms with Gasteiger partial charge in [0.2, 0.25) is 5.91 Å². The highest BCUT2D eigenvalue weighted by Crippen LogP contribution is 2.32. The molecule has 222 valence electrons. The summed E-state index contributed by atoms with van der Waals surface area (Å²) in [6, 6.07) is 13.8. The van der Waals surface area contributed by atoms with E-state index in [0.717, 1.165) is 11.6 Å². The van der Waals surface area contributed by atoms with E-state index in [4.69, 9.17) is 22.2 Å². The van der Waals surface area contributed by atoms with Gasteiger partial charge in [-0.15, -0.1) is 0 Å². The van der Waals surface area contributed by atoms with Crippen LogP contribution in [0.4, 0.5) is 18.0 Å². The Kier molecular flexibility index (Phi) is 11.4. The molecule has 2 N–H and O–H groups in total. The van der Waals surface area contributed by atoms with Crippen molar-refractivity contribution in [2.45, 2.75) is 52.0 Å². The summed E-state index contributed by atoms with van der Waals surface area (Å²) in [5, 5.41) is 14.2. The Morgan fingerprint density at radius 3 is 2.52 bits per heavy atom. The van der Waals surface area contributed by atoms with Crippen LogP contribution >= 0.6 is 12.2 Å². The predicted molar refractivity (Wildman–Crippen MR) is 153 cm³/mol. The van der Waals surface area contributed by atoms with Crippen molar-refractivity contribution < 1.29 is 27.5 Å². The zero-order valence-corrected chi connectivity index (χ0v) is 24.0. The third-order valence-corrected chi connectivity index (χ3v) is 6.69. The SMILES string of the molecule is CCOC(=O)NC(=S)N(Cc1ccccc1C(F)(F)F)C[C@H](CC)NC(=O)Cc1cncn1Cc1ccc(C#N)cc1. The molecule has 13 heteroatoms. The Morgan fingerprint density at radius 2 is 1.88 bits per heavy atom. The summed E-state index contributed by atoms with van der Waals surface area (Å²) in [5.41, 5.74) is 1.27. The Morgan fingerprint density at radius 1 is 1.17 bits per heavy atom. The number of rotatable bonds is 11. The maximum absolute atomic E-state index is 13.7. The predicted octanol–water partition coefficient (Wildman–Crippen LogP) is 4.79. The number of alkyl carbamates (subject to hydrolysis) is 1. The number of imidazole rings is 1. The molecule has 42 heavy (non-hydrogen) atoms. The number of aromatic nitrogens is 2. The van der Waals surface area contributed by atoms with Crippen LogP contribution in [0.25, 0.3) is 0 Å². The summed E-state index contributed by atoms with van der Waals surface area (Å²) in [7, 11) is 0. The van der Waals surface area contributed by atoms with E-state index in [-0.39, 0.29) is 42.7 Å². The number of alkyl halides is 3. The lowest BCUT2D eigenvalue weighted by molar-refractivity contribution is -0.138. The maximum atomic E-state index is 13.7. The molecule has 0 aliphatic rings. The molecule has 0 unspecified atom stereocenters. The number of carbonyl (C=O) groups is 2. The average molecular weight is 601 g/mol. The molecule has 0 aliphatic heterocycles. The third kappa shape index (κ3) is 9.31. The second-order valence-corrected chi connectivity index (χ2v) is 9.74. The molecular weight excluding hydrogens is 569 g/mol. The molecule has 0 fully saturated rings. The highest BCUT2D eigenvalue weighted by atomic mass is 32.1. The first-order chi connectivity index (χ1) is 20.0. The van der Waals surface area contributed by atoms with Crippen LogP contribution in [0, 0.1) is 11.3 Å². The summed E-state index contributed by atoms with van der Waals surface area (Å²) < 4.78 is 47.7. The lowest BCUT2D eigenvalue weighted by Crippen LogP contribution is -2.49. The van der Waals surface area contributed by atoms with Gasteiger partial charge >= 0.3 is 12.3 Å². The number of carbonyl (C=O) groups excluding carboxylic acids is 2. The molecule has 2 aromatic carbocycles. The molecule has 3 aromatic rings. The second-order valence-electron chi connectivity index (χ2n) is 9.36. The largest absolute Gasteiger partial charge is 0.450 e. The van der Waals surface area contributed by atoms with Crippen molar-refractivity contribution in [2.24, 2.45) is 0 Å². The number of amides is 2. The van der Waals surface area contributed by atoms with Gasteiger partial charge in [0.1, 0.15) is 0 Å². The topological polar surface area (TPSA) is 112 Å². The van der Waals surface area contributed by atoms with Gasteiger partial charge in [0.15, 0.2) is 5.11 Å². The number of thiocarbonyl (C=S) groups is 1. The fourth-order valence-corrected chi connectivity index (χ4v) is 4.42. The van der Waals surface area contributed by atoms with Gasteiger partial charge < -0.3 is 19.5 Å². The lowest BCUT2D eigenvalue weighted by Gasteiger charge is -2.30.